The van der Waals surface area contributed by atoms with E-state index in [1.54, 1.807) is 6.92 Å². The summed E-state index contributed by atoms with van der Waals surface area (Å²) in [5.74, 6) is 2.26. The van der Waals surface area contributed by atoms with Gasteiger partial charge in [-0.05, 0) is 108 Å². The molecule has 13 heteroatoms. The molecule has 5 aliphatic heterocycles. The van der Waals surface area contributed by atoms with Crippen LogP contribution < -0.4 is 5.32 Å². The van der Waals surface area contributed by atoms with Crippen molar-refractivity contribution in [2.45, 2.75) is 110 Å². The minimum atomic E-state index is -0.738. The fourth-order valence-corrected chi connectivity index (χ4v) is 9.89. The molecule has 5 heterocycles. The van der Waals surface area contributed by atoms with Crippen molar-refractivity contribution < 1.29 is 33.7 Å². The van der Waals surface area contributed by atoms with Crippen LogP contribution >= 0.6 is 11.6 Å². The molecular formula is C46H72ClN5O7. The molecule has 1 aliphatic carbocycles. The van der Waals surface area contributed by atoms with Gasteiger partial charge in [-0.15, -0.1) is 0 Å². The van der Waals surface area contributed by atoms with Crippen LogP contribution in [0.3, 0.4) is 0 Å². The van der Waals surface area contributed by atoms with Gasteiger partial charge in [0.1, 0.15) is 0 Å². The Morgan fingerprint density at radius 3 is 1.63 bits per heavy atom. The number of hydrogen-bond acceptors (Lipinski definition) is 10. The summed E-state index contributed by atoms with van der Waals surface area (Å²) in [4.78, 5) is 42.3. The van der Waals surface area contributed by atoms with Gasteiger partial charge in [-0.3, -0.25) is 9.80 Å². The largest absolute Gasteiger partial charge is 0.454 e. The number of rotatable bonds is 7. The van der Waals surface area contributed by atoms with E-state index < -0.39 is 5.43 Å². The van der Waals surface area contributed by atoms with E-state index in [2.05, 4.69) is 80.5 Å². The Labute approximate surface area is 358 Å². The van der Waals surface area contributed by atoms with Gasteiger partial charge in [-0.2, -0.15) is 0 Å². The second-order valence-corrected chi connectivity index (χ2v) is 16.5. The van der Waals surface area contributed by atoms with Crippen LogP contribution in [-0.4, -0.2) is 133 Å². The third-order valence-electron chi connectivity index (χ3n) is 12.3. The number of carbonyl (C=O) groups excluding carboxylic acids is 3. The molecule has 0 radical (unpaired) electrons. The van der Waals surface area contributed by atoms with Gasteiger partial charge in [0.15, 0.2) is 0 Å². The van der Waals surface area contributed by atoms with Crippen molar-refractivity contribution in [2.75, 3.05) is 72.7 Å². The van der Waals surface area contributed by atoms with Crippen molar-refractivity contribution in [3.05, 3.63) is 71.8 Å². The number of piperidine rings is 3. The highest BCUT2D eigenvalue weighted by Crippen LogP contribution is 2.37. The molecule has 2 amide bonds. The third kappa shape index (κ3) is 15.5. The molecule has 5 saturated heterocycles. The van der Waals surface area contributed by atoms with Crippen LogP contribution in [0, 0.1) is 17.8 Å². The van der Waals surface area contributed by atoms with Crippen LogP contribution in [0.1, 0.15) is 89.7 Å². The molecule has 0 aromatic heterocycles. The highest BCUT2D eigenvalue weighted by molar-refractivity contribution is 6.61. The molecular weight excluding hydrogens is 770 g/mol. The standard InChI is InChI=1S/C17H24N2O2.C14H20N2.C11H19NO2.C3H5ClO2.CH4O/c1-2-21-17(20)19-10-6-9-15-12-18(13-16(15)19)11-14-7-4-3-5-8-14;1-2-5-12(6-3-1)9-16-10-13-7-4-8-15-14(13)11-16;1-2-14-11(13)12-8-4-6-9-5-3-7-10(9)12;1-2-6-3(4)5;1-2/h3-5,7-8,15-16H,2,6,9-13H2,1H3;1-3,5-6,13-15H,4,7-11H2;9-10H,2-8H2,1H3;2H2,1H3;2H,1H3/t15-,16+;13-,14+;9-,10-;;/m110../s1. The second kappa shape index (κ2) is 26.7. The molecule has 0 spiro atoms. The first-order valence-electron chi connectivity index (χ1n) is 22.2. The van der Waals surface area contributed by atoms with Gasteiger partial charge in [0.25, 0.3) is 0 Å². The molecule has 0 bridgehead atoms. The molecule has 59 heavy (non-hydrogen) atoms. The molecule has 6 aliphatic rings. The number of aliphatic hydroxyl groups is 1. The second-order valence-electron chi connectivity index (χ2n) is 16.1. The van der Waals surface area contributed by atoms with E-state index in [4.69, 9.17) is 26.2 Å². The fraction of sp³-hybridized carbons (Fsp3) is 0.674. The van der Waals surface area contributed by atoms with Crippen molar-refractivity contribution in [1.29, 1.82) is 0 Å². The molecule has 6 fully saturated rings. The Bertz CT molecular complexity index is 1480. The van der Waals surface area contributed by atoms with Gasteiger partial charge in [0.05, 0.1) is 25.9 Å². The predicted molar refractivity (Wildman–Crippen MR) is 233 cm³/mol. The van der Waals surface area contributed by atoms with Gasteiger partial charge < -0.3 is 34.4 Å². The highest BCUT2D eigenvalue weighted by Gasteiger charge is 2.41. The summed E-state index contributed by atoms with van der Waals surface area (Å²) in [6.45, 7) is 16.4. The maximum atomic E-state index is 12.1. The molecule has 2 aromatic rings. The van der Waals surface area contributed by atoms with Crippen LogP contribution in [-0.2, 0) is 27.3 Å². The third-order valence-corrected chi connectivity index (χ3v) is 12.4. The summed E-state index contributed by atoms with van der Waals surface area (Å²) >= 11 is 4.72. The zero-order valence-corrected chi connectivity index (χ0v) is 36.9. The van der Waals surface area contributed by atoms with Crippen LogP contribution in [0.25, 0.3) is 0 Å². The first-order chi connectivity index (χ1) is 28.8. The van der Waals surface area contributed by atoms with Gasteiger partial charge >= 0.3 is 17.6 Å². The first-order valence-corrected chi connectivity index (χ1v) is 22.6. The number of hydrogen-bond donors (Lipinski definition) is 2. The zero-order valence-electron chi connectivity index (χ0n) is 36.2. The minimum Gasteiger partial charge on any atom is -0.454 e. The molecule has 330 valence electrons. The zero-order chi connectivity index (χ0) is 42.4. The number of amides is 2. The smallest absolute Gasteiger partial charge is 0.410 e. The lowest BCUT2D eigenvalue weighted by molar-refractivity contribution is 0.0646. The van der Waals surface area contributed by atoms with Crippen molar-refractivity contribution in [3.63, 3.8) is 0 Å². The van der Waals surface area contributed by atoms with E-state index in [0.717, 1.165) is 77.1 Å². The molecule has 6 atom stereocenters. The SMILES string of the molecule is CCOC(=O)Cl.CCOC(=O)N1CCC[C@@H]2CCC[C@@H]21.CCOC(=O)N1CCC[C@@H]2CN(Cc3ccccc3)C[C@@H]21.CO.c1ccc(CN2C[C@H]3CCCN[C@H]3C2)cc1. The Balaban J connectivity index is 0.000000182. The number of halogens is 1. The number of aliphatic hydroxyl groups excluding tert-OH is 1. The maximum Gasteiger partial charge on any atom is 0.410 e. The number of fused-ring (bicyclic) bond motifs is 3. The molecule has 2 aromatic carbocycles. The van der Waals surface area contributed by atoms with Gasteiger partial charge in [-0.25, -0.2) is 14.4 Å². The topological polar surface area (TPSA) is 124 Å². The van der Waals surface area contributed by atoms with E-state index in [-0.39, 0.29) is 12.2 Å². The van der Waals surface area contributed by atoms with E-state index in [0.29, 0.717) is 37.8 Å². The number of nitrogens with zero attached hydrogens (tertiary/aromatic N) is 4. The van der Waals surface area contributed by atoms with Crippen LogP contribution in [0.15, 0.2) is 60.7 Å². The average molecular weight is 843 g/mol. The minimum absolute atomic E-state index is 0.0934. The van der Waals surface area contributed by atoms with Crippen molar-refractivity contribution in [3.8, 4) is 0 Å². The summed E-state index contributed by atoms with van der Waals surface area (Å²) in [6, 6.07) is 23.0. The van der Waals surface area contributed by atoms with Crippen LogP contribution in [0.4, 0.5) is 14.4 Å². The predicted octanol–water partition coefficient (Wildman–Crippen LogP) is 8.01. The summed E-state index contributed by atoms with van der Waals surface area (Å²) in [5, 5.41) is 10.7. The van der Waals surface area contributed by atoms with E-state index in [9.17, 15) is 14.4 Å². The lowest BCUT2D eigenvalue weighted by Crippen LogP contribution is -2.48. The number of benzene rings is 2. The Kier molecular flexibility index (Phi) is 21.8. The summed E-state index contributed by atoms with van der Waals surface area (Å²) in [7, 11) is 1.00. The molecule has 0 unspecified atom stereocenters. The number of likely N-dealkylation sites (tertiary alicyclic amines) is 4. The summed E-state index contributed by atoms with van der Waals surface area (Å²) in [6.07, 6.45) is 11.1. The molecule has 1 saturated carbocycles. The highest BCUT2D eigenvalue weighted by atomic mass is 35.5. The van der Waals surface area contributed by atoms with Crippen molar-refractivity contribution >= 4 is 29.2 Å². The van der Waals surface area contributed by atoms with E-state index in [1.807, 2.05) is 23.6 Å². The quantitative estimate of drug-likeness (QED) is 0.209. The maximum absolute atomic E-state index is 12.1. The number of ether oxygens (including phenoxy) is 3. The fourth-order valence-electron chi connectivity index (χ4n) is 9.78. The Morgan fingerprint density at radius 2 is 1.10 bits per heavy atom. The van der Waals surface area contributed by atoms with Gasteiger partial charge in [0.2, 0.25) is 0 Å². The van der Waals surface area contributed by atoms with E-state index >= 15 is 0 Å². The monoisotopic (exact) mass is 842 g/mol. The summed E-state index contributed by atoms with van der Waals surface area (Å²) < 4.78 is 14.5. The lowest BCUT2D eigenvalue weighted by Gasteiger charge is -2.36. The molecule has 2 N–H and O–H groups in total. The van der Waals surface area contributed by atoms with Crippen LogP contribution in [0.5, 0.6) is 0 Å². The Hall–Kier alpha value is -3.42. The normalized spacial score (nSPS) is 25.7. The van der Waals surface area contributed by atoms with Gasteiger partial charge in [-0.1, -0.05) is 67.1 Å². The van der Waals surface area contributed by atoms with Crippen molar-refractivity contribution in [1.82, 2.24) is 24.9 Å². The Morgan fingerprint density at radius 1 is 0.610 bits per heavy atom. The molecule has 8 rings (SSSR count). The molecule has 12 nitrogen and oxygen atoms in total. The van der Waals surface area contributed by atoms with Crippen LogP contribution in [0.2, 0.25) is 0 Å². The number of carbonyl (C=O) groups is 3. The van der Waals surface area contributed by atoms with Crippen molar-refractivity contribution in [2.24, 2.45) is 17.8 Å². The van der Waals surface area contributed by atoms with Gasteiger partial charge in [0, 0.05) is 83.2 Å². The van der Waals surface area contributed by atoms with E-state index in [1.165, 1.54) is 75.7 Å². The average Bonchev–Trinajstić information content (AvgIpc) is 4.01. The first kappa shape index (κ1) is 48.2. The number of nitrogens with one attached hydrogen (secondary N) is 1. The lowest BCUT2D eigenvalue weighted by atomic mass is 9.92. The summed E-state index contributed by atoms with van der Waals surface area (Å²) in [5.41, 5.74) is 2.05.